The Morgan fingerprint density at radius 3 is 2.10 bits per heavy atom. The first-order chi connectivity index (χ1) is 13.9. The highest BCUT2D eigenvalue weighted by molar-refractivity contribution is 6.09. The fraction of sp³-hybridized carbons (Fsp3) is 0.417. The first kappa shape index (κ1) is 21.1. The minimum Gasteiger partial charge on any atom is -0.339 e. The Morgan fingerprint density at radius 2 is 1.52 bits per heavy atom. The van der Waals surface area contributed by atoms with Crippen molar-refractivity contribution >= 4 is 17.5 Å². The first-order valence-corrected chi connectivity index (χ1v) is 10.4. The zero-order chi connectivity index (χ0) is 20.9. The molecule has 29 heavy (non-hydrogen) atoms. The first-order valence-electron chi connectivity index (χ1n) is 10.4. The summed E-state index contributed by atoms with van der Waals surface area (Å²) in [6.45, 7) is 9.33. The second-order valence-electron chi connectivity index (χ2n) is 8.18. The quantitative estimate of drug-likeness (QED) is 0.764. The van der Waals surface area contributed by atoms with Crippen molar-refractivity contribution in [2.24, 2.45) is 5.41 Å². The van der Waals surface area contributed by atoms with E-state index in [0.29, 0.717) is 13.1 Å². The van der Waals surface area contributed by atoms with Crippen LogP contribution < -0.4 is 5.32 Å². The molecule has 154 valence electrons. The van der Waals surface area contributed by atoms with Gasteiger partial charge in [-0.25, -0.2) is 0 Å². The Balaban J connectivity index is 1.55. The van der Waals surface area contributed by atoms with Crippen molar-refractivity contribution in [3.8, 4) is 0 Å². The number of benzene rings is 2. The van der Waals surface area contributed by atoms with E-state index < -0.39 is 5.41 Å². The summed E-state index contributed by atoms with van der Waals surface area (Å²) in [7, 11) is 0. The molecule has 2 aromatic carbocycles. The van der Waals surface area contributed by atoms with Crippen molar-refractivity contribution in [1.29, 1.82) is 0 Å². The molecule has 5 nitrogen and oxygen atoms in total. The number of carbonyl (C=O) groups is 2. The molecule has 0 atom stereocenters. The predicted octanol–water partition coefficient (Wildman–Crippen LogP) is 3.56. The van der Waals surface area contributed by atoms with Crippen LogP contribution in [0.4, 0.5) is 5.69 Å². The predicted molar refractivity (Wildman–Crippen MR) is 117 cm³/mol. The van der Waals surface area contributed by atoms with Gasteiger partial charge in [0.15, 0.2) is 0 Å². The third-order valence-corrected chi connectivity index (χ3v) is 5.63. The van der Waals surface area contributed by atoms with Gasteiger partial charge in [0.05, 0.1) is 0 Å². The summed E-state index contributed by atoms with van der Waals surface area (Å²) < 4.78 is 0. The van der Waals surface area contributed by atoms with Crippen molar-refractivity contribution in [2.75, 3.05) is 31.5 Å². The number of carbonyl (C=O) groups excluding carboxylic acids is 2. The number of amides is 2. The summed E-state index contributed by atoms with van der Waals surface area (Å²) in [4.78, 5) is 30.0. The van der Waals surface area contributed by atoms with Crippen LogP contribution >= 0.6 is 0 Å². The lowest BCUT2D eigenvalue weighted by Crippen LogP contribution is -2.54. The van der Waals surface area contributed by atoms with E-state index >= 15 is 0 Å². The molecule has 2 amide bonds. The SMILES string of the molecule is CCc1ccc(NC(=O)C(C)(C)C(=O)N2CCN(Cc3ccccc3)CC2)cc1. The number of anilines is 1. The van der Waals surface area contributed by atoms with Crippen LogP contribution in [0.1, 0.15) is 31.9 Å². The molecule has 0 aliphatic carbocycles. The zero-order valence-corrected chi connectivity index (χ0v) is 17.6. The Morgan fingerprint density at radius 1 is 0.897 bits per heavy atom. The van der Waals surface area contributed by atoms with Crippen LogP contribution in [0.2, 0.25) is 0 Å². The molecule has 1 heterocycles. The zero-order valence-electron chi connectivity index (χ0n) is 17.6. The number of piperazine rings is 1. The van der Waals surface area contributed by atoms with E-state index in [4.69, 9.17) is 0 Å². The molecule has 1 saturated heterocycles. The van der Waals surface area contributed by atoms with Gasteiger partial charge in [0, 0.05) is 38.4 Å². The Bertz CT molecular complexity index is 823. The van der Waals surface area contributed by atoms with Gasteiger partial charge in [-0.3, -0.25) is 14.5 Å². The maximum atomic E-state index is 13.1. The highest BCUT2D eigenvalue weighted by Gasteiger charge is 2.40. The number of hydrogen-bond acceptors (Lipinski definition) is 3. The van der Waals surface area contributed by atoms with Crippen LogP contribution in [0.5, 0.6) is 0 Å². The van der Waals surface area contributed by atoms with E-state index in [1.807, 2.05) is 47.4 Å². The summed E-state index contributed by atoms with van der Waals surface area (Å²) in [6, 6.07) is 18.1. The van der Waals surface area contributed by atoms with E-state index in [1.54, 1.807) is 13.8 Å². The number of aryl methyl sites for hydroxylation is 1. The average molecular weight is 394 g/mol. The molecule has 0 spiro atoms. The fourth-order valence-electron chi connectivity index (χ4n) is 3.55. The highest BCUT2D eigenvalue weighted by atomic mass is 16.2. The Labute approximate surface area is 173 Å². The molecule has 1 N–H and O–H groups in total. The molecule has 2 aromatic rings. The lowest BCUT2D eigenvalue weighted by Gasteiger charge is -2.38. The lowest BCUT2D eigenvalue weighted by molar-refractivity contribution is -0.147. The van der Waals surface area contributed by atoms with Crippen molar-refractivity contribution in [3.63, 3.8) is 0 Å². The molecule has 1 aliphatic rings. The average Bonchev–Trinajstić information content (AvgIpc) is 2.75. The van der Waals surface area contributed by atoms with Crippen LogP contribution in [0, 0.1) is 5.41 Å². The maximum Gasteiger partial charge on any atom is 0.239 e. The molecule has 0 saturated carbocycles. The molecular formula is C24H31N3O2. The molecule has 5 heteroatoms. The van der Waals surface area contributed by atoms with Crippen LogP contribution in [0.3, 0.4) is 0 Å². The van der Waals surface area contributed by atoms with Crippen molar-refractivity contribution in [2.45, 2.75) is 33.7 Å². The van der Waals surface area contributed by atoms with Gasteiger partial charge in [0.2, 0.25) is 11.8 Å². The van der Waals surface area contributed by atoms with Crippen LogP contribution in [0.25, 0.3) is 0 Å². The second-order valence-corrected chi connectivity index (χ2v) is 8.18. The fourth-order valence-corrected chi connectivity index (χ4v) is 3.55. The van der Waals surface area contributed by atoms with Gasteiger partial charge in [0.25, 0.3) is 0 Å². The van der Waals surface area contributed by atoms with Crippen LogP contribution in [-0.4, -0.2) is 47.8 Å². The van der Waals surface area contributed by atoms with E-state index in [-0.39, 0.29) is 11.8 Å². The Hall–Kier alpha value is -2.66. The maximum absolute atomic E-state index is 13.1. The third-order valence-electron chi connectivity index (χ3n) is 5.63. The van der Waals surface area contributed by atoms with Gasteiger partial charge in [-0.2, -0.15) is 0 Å². The van der Waals surface area contributed by atoms with Crippen LogP contribution in [0.15, 0.2) is 54.6 Å². The molecular weight excluding hydrogens is 362 g/mol. The topological polar surface area (TPSA) is 52.7 Å². The van der Waals surface area contributed by atoms with Gasteiger partial charge in [-0.15, -0.1) is 0 Å². The summed E-state index contributed by atoms with van der Waals surface area (Å²) in [5.41, 5.74) is 2.11. The lowest BCUT2D eigenvalue weighted by atomic mass is 9.89. The van der Waals surface area contributed by atoms with Crippen molar-refractivity contribution < 1.29 is 9.59 Å². The summed E-state index contributed by atoms with van der Waals surface area (Å²) >= 11 is 0. The molecule has 3 rings (SSSR count). The van der Waals surface area contributed by atoms with Crippen molar-refractivity contribution in [3.05, 3.63) is 65.7 Å². The van der Waals surface area contributed by atoms with E-state index in [0.717, 1.165) is 31.7 Å². The van der Waals surface area contributed by atoms with Gasteiger partial charge in [-0.05, 0) is 43.5 Å². The number of hydrogen-bond donors (Lipinski definition) is 1. The largest absolute Gasteiger partial charge is 0.339 e. The standard InChI is InChI=1S/C24H31N3O2/c1-4-19-10-12-21(13-11-19)25-22(28)24(2,3)23(29)27-16-14-26(15-17-27)18-20-8-6-5-7-9-20/h5-13H,4,14-18H2,1-3H3,(H,25,28). The second kappa shape index (κ2) is 9.23. The van der Waals surface area contributed by atoms with Crippen LogP contribution in [-0.2, 0) is 22.6 Å². The molecule has 0 radical (unpaired) electrons. The smallest absolute Gasteiger partial charge is 0.239 e. The molecule has 1 aliphatic heterocycles. The minimum atomic E-state index is -1.11. The van der Waals surface area contributed by atoms with Gasteiger partial charge in [-0.1, -0.05) is 49.4 Å². The minimum absolute atomic E-state index is 0.112. The van der Waals surface area contributed by atoms with Gasteiger partial charge >= 0.3 is 0 Å². The molecule has 0 unspecified atom stereocenters. The third kappa shape index (κ3) is 5.24. The Kier molecular flexibility index (Phi) is 6.70. The summed E-state index contributed by atoms with van der Waals surface area (Å²) in [6.07, 6.45) is 0.953. The van der Waals surface area contributed by atoms with Gasteiger partial charge in [0.1, 0.15) is 5.41 Å². The highest BCUT2D eigenvalue weighted by Crippen LogP contribution is 2.23. The normalized spacial score (nSPS) is 15.2. The van der Waals surface area contributed by atoms with E-state index in [9.17, 15) is 9.59 Å². The number of nitrogens with zero attached hydrogens (tertiary/aromatic N) is 2. The molecule has 1 fully saturated rings. The van der Waals surface area contributed by atoms with E-state index in [2.05, 4.69) is 29.3 Å². The van der Waals surface area contributed by atoms with Gasteiger partial charge < -0.3 is 10.2 Å². The number of rotatable bonds is 6. The summed E-state index contributed by atoms with van der Waals surface area (Å²) in [5, 5.41) is 2.90. The summed E-state index contributed by atoms with van der Waals surface area (Å²) in [5.74, 6) is -0.377. The molecule has 0 aromatic heterocycles. The van der Waals surface area contributed by atoms with Crippen molar-refractivity contribution in [1.82, 2.24) is 9.80 Å². The monoisotopic (exact) mass is 393 g/mol. The van der Waals surface area contributed by atoms with E-state index in [1.165, 1.54) is 11.1 Å². The molecule has 0 bridgehead atoms. The number of nitrogens with one attached hydrogen (secondary N) is 1.